The van der Waals surface area contributed by atoms with Gasteiger partial charge in [0.25, 0.3) is 5.92 Å². The third kappa shape index (κ3) is 3.44. The summed E-state index contributed by atoms with van der Waals surface area (Å²) in [5.41, 5.74) is 0.326. The number of halogens is 2. The molecule has 0 radical (unpaired) electrons. The predicted octanol–water partition coefficient (Wildman–Crippen LogP) is 3.74. The second-order valence-electron chi connectivity index (χ2n) is 8.20. The molecular formula is C19H26F2O4. The van der Waals surface area contributed by atoms with E-state index in [0.717, 1.165) is 32.6 Å². The Balaban J connectivity index is 1.76. The molecule has 7 unspecified atom stereocenters. The van der Waals surface area contributed by atoms with Crippen molar-refractivity contribution in [2.24, 2.45) is 29.6 Å². The zero-order valence-corrected chi connectivity index (χ0v) is 15.0. The molecule has 0 N–H and O–H groups in total. The van der Waals surface area contributed by atoms with E-state index < -0.39 is 29.9 Å². The summed E-state index contributed by atoms with van der Waals surface area (Å²) >= 11 is 0. The van der Waals surface area contributed by atoms with E-state index in [1.54, 1.807) is 6.92 Å². The van der Waals surface area contributed by atoms with Gasteiger partial charge < -0.3 is 9.47 Å². The molecule has 4 rings (SSSR count). The Morgan fingerprint density at radius 3 is 2.40 bits per heavy atom. The normalized spacial score (nSPS) is 37.5. The molecule has 4 fully saturated rings. The summed E-state index contributed by atoms with van der Waals surface area (Å²) < 4.78 is 37.5. The SMILES string of the molecule is C=C(C)C(=O)OC1C2CC3CC(C2)C(C(=O)OC(C)C(C)(F)F)C1C3. The van der Waals surface area contributed by atoms with Gasteiger partial charge in [-0.1, -0.05) is 6.58 Å². The van der Waals surface area contributed by atoms with Gasteiger partial charge in [-0.15, -0.1) is 0 Å². The summed E-state index contributed by atoms with van der Waals surface area (Å²) in [7, 11) is 0. The number of alkyl halides is 2. The van der Waals surface area contributed by atoms with Crippen LogP contribution >= 0.6 is 0 Å². The number of ether oxygens (including phenoxy) is 2. The van der Waals surface area contributed by atoms with Gasteiger partial charge in [0.15, 0.2) is 6.10 Å². The Kier molecular flexibility index (Phi) is 4.67. The molecule has 4 saturated carbocycles. The number of hydrogen-bond acceptors (Lipinski definition) is 4. The maximum atomic E-state index is 13.4. The van der Waals surface area contributed by atoms with Gasteiger partial charge in [-0.2, -0.15) is 0 Å². The summed E-state index contributed by atoms with van der Waals surface area (Å²) in [6, 6.07) is 0. The lowest BCUT2D eigenvalue weighted by atomic mass is 9.50. The van der Waals surface area contributed by atoms with Crippen LogP contribution in [0.1, 0.15) is 46.5 Å². The van der Waals surface area contributed by atoms with Crippen molar-refractivity contribution < 1.29 is 27.8 Å². The van der Waals surface area contributed by atoms with Crippen molar-refractivity contribution in [1.82, 2.24) is 0 Å². The van der Waals surface area contributed by atoms with Crippen molar-refractivity contribution in [2.75, 3.05) is 0 Å². The Bertz CT molecular complexity index is 582. The van der Waals surface area contributed by atoms with E-state index in [0.29, 0.717) is 11.5 Å². The smallest absolute Gasteiger partial charge is 0.333 e. The van der Waals surface area contributed by atoms with Crippen LogP contribution in [0, 0.1) is 29.6 Å². The molecule has 0 heterocycles. The van der Waals surface area contributed by atoms with Gasteiger partial charge in [0.05, 0.1) is 5.92 Å². The molecule has 0 aromatic rings. The number of rotatable bonds is 5. The molecule has 4 aliphatic rings. The van der Waals surface area contributed by atoms with Crippen LogP contribution in [0.2, 0.25) is 0 Å². The van der Waals surface area contributed by atoms with Crippen molar-refractivity contribution in [2.45, 2.75) is 64.6 Å². The first-order chi connectivity index (χ1) is 11.6. The fourth-order valence-corrected chi connectivity index (χ4v) is 4.99. The number of esters is 2. The molecule has 0 saturated heterocycles. The molecule has 4 nitrogen and oxygen atoms in total. The van der Waals surface area contributed by atoms with E-state index in [-0.39, 0.29) is 23.9 Å². The number of hydrogen-bond donors (Lipinski definition) is 0. The topological polar surface area (TPSA) is 52.6 Å². The maximum absolute atomic E-state index is 13.4. The van der Waals surface area contributed by atoms with Crippen molar-refractivity contribution in [3.63, 3.8) is 0 Å². The second kappa shape index (κ2) is 6.36. The van der Waals surface area contributed by atoms with Gasteiger partial charge in [0.2, 0.25) is 0 Å². The Hall–Kier alpha value is -1.46. The minimum absolute atomic E-state index is 0.135. The minimum Gasteiger partial charge on any atom is -0.458 e. The third-order valence-corrected chi connectivity index (χ3v) is 6.21. The lowest BCUT2D eigenvalue weighted by Gasteiger charge is -2.56. The predicted molar refractivity (Wildman–Crippen MR) is 86.8 cm³/mol. The molecule has 0 spiro atoms. The summed E-state index contributed by atoms with van der Waals surface area (Å²) in [6.45, 7) is 7.17. The van der Waals surface area contributed by atoms with Crippen LogP contribution in [-0.4, -0.2) is 30.1 Å². The van der Waals surface area contributed by atoms with E-state index in [4.69, 9.17) is 9.47 Å². The van der Waals surface area contributed by atoms with Crippen LogP contribution in [0.25, 0.3) is 0 Å². The lowest BCUT2D eigenvalue weighted by molar-refractivity contribution is -0.201. The Morgan fingerprint density at radius 2 is 1.80 bits per heavy atom. The largest absolute Gasteiger partial charge is 0.458 e. The van der Waals surface area contributed by atoms with Gasteiger partial charge in [-0.3, -0.25) is 4.79 Å². The molecule has 140 valence electrons. The Morgan fingerprint density at radius 1 is 1.16 bits per heavy atom. The lowest BCUT2D eigenvalue weighted by Crippen LogP contribution is -2.57. The van der Waals surface area contributed by atoms with Crippen molar-refractivity contribution in [3.05, 3.63) is 12.2 Å². The molecule has 4 bridgehead atoms. The molecular weight excluding hydrogens is 330 g/mol. The third-order valence-electron chi connectivity index (χ3n) is 6.21. The average molecular weight is 356 g/mol. The highest BCUT2D eigenvalue weighted by molar-refractivity contribution is 5.87. The summed E-state index contributed by atoms with van der Waals surface area (Å²) in [4.78, 5) is 24.6. The van der Waals surface area contributed by atoms with Crippen molar-refractivity contribution in [1.29, 1.82) is 0 Å². The van der Waals surface area contributed by atoms with Gasteiger partial charge in [0.1, 0.15) is 6.10 Å². The maximum Gasteiger partial charge on any atom is 0.333 e. The van der Waals surface area contributed by atoms with Crippen LogP contribution in [0.3, 0.4) is 0 Å². The molecule has 25 heavy (non-hydrogen) atoms. The van der Waals surface area contributed by atoms with E-state index in [2.05, 4.69) is 6.58 Å². The molecule has 6 heteroatoms. The zero-order valence-electron chi connectivity index (χ0n) is 15.0. The quantitative estimate of drug-likeness (QED) is 0.556. The number of carbonyl (C=O) groups is 2. The van der Waals surface area contributed by atoms with E-state index in [9.17, 15) is 18.4 Å². The first kappa shape index (κ1) is 18.3. The van der Waals surface area contributed by atoms with Crippen LogP contribution in [-0.2, 0) is 19.1 Å². The van der Waals surface area contributed by atoms with E-state index in [1.165, 1.54) is 6.92 Å². The van der Waals surface area contributed by atoms with Gasteiger partial charge in [-0.25, -0.2) is 13.6 Å². The van der Waals surface area contributed by atoms with Crippen LogP contribution in [0.15, 0.2) is 12.2 Å². The fourth-order valence-electron chi connectivity index (χ4n) is 4.99. The summed E-state index contributed by atoms with van der Waals surface area (Å²) in [6.07, 6.45) is 1.72. The molecule has 0 aromatic heterocycles. The summed E-state index contributed by atoms with van der Waals surface area (Å²) in [5.74, 6) is -3.76. The first-order valence-electron chi connectivity index (χ1n) is 9.02. The standard InChI is InChI=1S/C19H26F2O4/c1-9(2)17(22)25-16-13-6-11-5-12(8-13)15(14(16)7-11)18(23)24-10(3)19(4,20)21/h10-16H,1,5-8H2,2-4H3. The molecule has 7 atom stereocenters. The van der Waals surface area contributed by atoms with Crippen LogP contribution < -0.4 is 0 Å². The first-order valence-corrected chi connectivity index (χ1v) is 9.02. The van der Waals surface area contributed by atoms with Gasteiger partial charge >= 0.3 is 11.9 Å². The highest BCUT2D eigenvalue weighted by atomic mass is 19.3. The Labute approximate surface area is 146 Å². The molecule has 0 aromatic carbocycles. The van der Waals surface area contributed by atoms with E-state index in [1.807, 2.05) is 0 Å². The van der Waals surface area contributed by atoms with E-state index >= 15 is 0 Å². The van der Waals surface area contributed by atoms with Crippen LogP contribution in [0.4, 0.5) is 8.78 Å². The number of carbonyl (C=O) groups excluding carboxylic acids is 2. The monoisotopic (exact) mass is 356 g/mol. The van der Waals surface area contributed by atoms with Crippen molar-refractivity contribution in [3.8, 4) is 0 Å². The van der Waals surface area contributed by atoms with Crippen molar-refractivity contribution >= 4 is 11.9 Å². The van der Waals surface area contributed by atoms with Crippen LogP contribution in [0.5, 0.6) is 0 Å². The molecule has 0 aliphatic heterocycles. The zero-order chi connectivity index (χ0) is 18.5. The minimum atomic E-state index is -3.08. The highest BCUT2D eigenvalue weighted by Gasteiger charge is 2.58. The summed E-state index contributed by atoms with van der Waals surface area (Å²) in [5, 5.41) is 0. The average Bonchev–Trinajstić information content (AvgIpc) is 2.48. The fraction of sp³-hybridized carbons (Fsp3) is 0.789. The van der Waals surface area contributed by atoms with Gasteiger partial charge in [-0.05, 0) is 57.3 Å². The molecule has 4 aliphatic carbocycles. The molecule has 0 amide bonds. The second-order valence-corrected chi connectivity index (χ2v) is 8.20. The van der Waals surface area contributed by atoms with Gasteiger partial charge in [0, 0.05) is 18.4 Å². The highest BCUT2D eigenvalue weighted by Crippen LogP contribution is 2.58.